The second-order valence-electron chi connectivity index (χ2n) is 19.5. The molecule has 4 aromatic rings. The molecule has 2 aliphatic carbocycles. The zero-order valence-corrected chi connectivity index (χ0v) is 41.6. The first-order chi connectivity index (χ1) is 25.6. The smallest absolute Gasteiger partial charge is 0.147 e. The summed E-state index contributed by atoms with van der Waals surface area (Å²) in [5.74, 6) is 0. The van der Waals surface area contributed by atoms with Crippen LogP contribution in [0.15, 0.2) is 96.1 Å². The summed E-state index contributed by atoms with van der Waals surface area (Å²) in [4.78, 5) is 0. The van der Waals surface area contributed by atoms with Crippen molar-refractivity contribution in [3.63, 3.8) is 0 Å². The van der Waals surface area contributed by atoms with E-state index in [1.807, 2.05) is 0 Å². The SMILES string of the molecule is CCCc1ccc(-c2cccc3c2C(C)=C(C(C)(C)C)[CH]3[Zr]([CH3])(=[SiH2])([CH2]CC(F)(F)F)[CH]2C(C(C)(C)C)=C(C)c3c(-c4ccc(CCC)cc4)cccc32)cc1.Cl.Cl. The topological polar surface area (TPSA) is 0 Å². The quantitative estimate of drug-likeness (QED) is 0.139. The average molecular weight is 913 g/mol. The summed E-state index contributed by atoms with van der Waals surface area (Å²) >= 11 is -4.92. The Morgan fingerprint density at radius 1 is 0.579 bits per heavy atom. The number of aryl methyl sites for hydroxylation is 2. The van der Waals surface area contributed by atoms with E-state index in [1.165, 1.54) is 77.9 Å². The third kappa shape index (κ3) is 8.85. The van der Waals surface area contributed by atoms with Gasteiger partial charge in [0.25, 0.3) is 0 Å². The molecule has 0 radical (unpaired) electrons. The molecule has 6 rings (SSSR count). The fraction of sp³-hybridized carbons (Fsp3) is 0.440. The molecule has 0 nitrogen and oxygen atoms in total. The summed E-state index contributed by atoms with van der Waals surface area (Å²) in [7, 11) is 0. The van der Waals surface area contributed by atoms with E-state index < -0.39 is 30.0 Å². The summed E-state index contributed by atoms with van der Waals surface area (Å²) in [5.41, 5.74) is 17.2. The monoisotopic (exact) mass is 910 g/mol. The van der Waals surface area contributed by atoms with Crippen LogP contribution in [0.3, 0.4) is 0 Å². The third-order valence-corrected chi connectivity index (χ3v) is 35.5. The standard InChI is InChI=1S/2C23H27.C3H4F3.CH3.2ClH.H2Si.Zr/c2*1-6-8-17-11-13-18(14-12-17)20-10-7-9-19-15-21(23(3,4)5)16(2)22(19)20;1-2-3(4,5)6;;;;;/h2*7,9-15H,6,8H2,1-5H3;1-2H2;1H3;2*1H;1H2;. The number of hydrogen-bond donors (Lipinski definition) is 0. The Labute approximate surface area is 356 Å². The number of allylic oxidation sites excluding steroid dienone is 4. The predicted octanol–water partition coefficient (Wildman–Crippen LogP) is 15.9. The van der Waals surface area contributed by atoms with Gasteiger partial charge in [-0.2, -0.15) is 0 Å². The molecular formula is C50H65Cl2F3SiZr. The summed E-state index contributed by atoms with van der Waals surface area (Å²) < 4.78 is 47.3. The van der Waals surface area contributed by atoms with Gasteiger partial charge in [-0.05, 0) is 0 Å². The fourth-order valence-corrected chi connectivity index (χ4v) is 34.9. The van der Waals surface area contributed by atoms with E-state index in [0.717, 1.165) is 25.7 Å². The Morgan fingerprint density at radius 2 is 0.930 bits per heavy atom. The van der Waals surface area contributed by atoms with Gasteiger partial charge in [0.2, 0.25) is 0 Å². The number of fused-ring (bicyclic) bond motifs is 2. The molecule has 0 spiro atoms. The number of alkyl halides is 3. The van der Waals surface area contributed by atoms with Crippen molar-refractivity contribution < 1.29 is 30.6 Å². The number of benzene rings is 4. The van der Waals surface area contributed by atoms with Crippen LogP contribution in [0.25, 0.3) is 33.4 Å². The van der Waals surface area contributed by atoms with Crippen LogP contribution >= 0.6 is 24.8 Å². The van der Waals surface area contributed by atoms with Crippen LogP contribution in [0.1, 0.15) is 129 Å². The second-order valence-corrected chi connectivity index (χ2v) is 47.9. The van der Waals surface area contributed by atoms with Crippen molar-refractivity contribution in [2.75, 3.05) is 0 Å². The minimum absolute atomic E-state index is 0. The first-order valence-corrected chi connectivity index (χ1v) is 33.6. The molecule has 0 amide bonds. The van der Waals surface area contributed by atoms with E-state index in [4.69, 9.17) is 0 Å². The maximum Gasteiger partial charge on any atom is -0.147 e. The van der Waals surface area contributed by atoms with Crippen molar-refractivity contribution in [3.05, 3.63) is 129 Å². The van der Waals surface area contributed by atoms with E-state index in [9.17, 15) is 13.2 Å². The van der Waals surface area contributed by atoms with Gasteiger partial charge < -0.3 is 0 Å². The largest absolute Gasteiger partial charge is 0.147 e. The summed E-state index contributed by atoms with van der Waals surface area (Å²) in [6, 6.07) is 31.4. The molecule has 0 saturated carbocycles. The van der Waals surface area contributed by atoms with Gasteiger partial charge in [-0.25, -0.2) is 0 Å². The molecule has 0 aromatic heterocycles. The van der Waals surface area contributed by atoms with Crippen molar-refractivity contribution in [2.45, 2.75) is 124 Å². The molecule has 57 heavy (non-hydrogen) atoms. The van der Waals surface area contributed by atoms with Gasteiger partial charge in [0.05, 0.1) is 0 Å². The zero-order chi connectivity index (χ0) is 40.3. The van der Waals surface area contributed by atoms with E-state index >= 15 is 0 Å². The zero-order valence-electron chi connectivity index (χ0n) is 36.1. The fourth-order valence-electron chi connectivity index (χ4n) is 11.0. The molecule has 0 N–H and O–H groups in total. The molecular weight excluding hydrogens is 848 g/mol. The van der Waals surface area contributed by atoms with Crippen LogP contribution < -0.4 is 0 Å². The first-order valence-electron chi connectivity index (χ1n) is 20.6. The third-order valence-electron chi connectivity index (χ3n) is 13.0. The predicted molar refractivity (Wildman–Crippen MR) is 246 cm³/mol. The van der Waals surface area contributed by atoms with Crippen LogP contribution in [0.4, 0.5) is 13.2 Å². The van der Waals surface area contributed by atoms with Crippen molar-refractivity contribution in [3.8, 4) is 22.3 Å². The van der Waals surface area contributed by atoms with Crippen LogP contribution in [0.5, 0.6) is 0 Å². The van der Waals surface area contributed by atoms with Crippen LogP contribution in [0, 0.1) is 10.8 Å². The molecule has 2 unspecified atom stereocenters. The first kappa shape index (κ1) is 47.5. The van der Waals surface area contributed by atoms with E-state index in [2.05, 4.69) is 166 Å². The Kier molecular flexibility index (Phi) is 14.2. The molecule has 7 heteroatoms. The van der Waals surface area contributed by atoms with Crippen LogP contribution in [-0.2, 0) is 30.2 Å². The molecule has 0 saturated heterocycles. The van der Waals surface area contributed by atoms with E-state index in [-0.39, 0.29) is 47.0 Å². The Morgan fingerprint density at radius 3 is 1.23 bits per heavy atom. The van der Waals surface area contributed by atoms with Gasteiger partial charge in [-0.15, -0.1) is 24.8 Å². The van der Waals surface area contributed by atoms with Gasteiger partial charge in [0.15, 0.2) is 0 Å². The van der Waals surface area contributed by atoms with Crippen LogP contribution in [-0.4, -0.2) is 13.1 Å². The number of rotatable bonds is 10. The normalized spacial score (nSPS) is 17.3. The van der Waals surface area contributed by atoms with E-state index in [0.29, 0.717) is 0 Å². The second kappa shape index (κ2) is 17.1. The minimum Gasteiger partial charge on any atom is -0.147 e. The van der Waals surface area contributed by atoms with Crippen LogP contribution in [0.2, 0.25) is 8.76 Å². The molecule has 0 aliphatic heterocycles. The number of halogens is 5. The van der Waals surface area contributed by atoms with Crippen molar-refractivity contribution >= 4 is 42.8 Å². The van der Waals surface area contributed by atoms with Gasteiger partial charge in [0, 0.05) is 0 Å². The molecule has 0 heterocycles. The Bertz CT molecular complexity index is 2090. The van der Waals surface area contributed by atoms with Crippen molar-refractivity contribution in [2.24, 2.45) is 10.8 Å². The number of hydrogen-bond acceptors (Lipinski definition) is 0. The maximum absolute atomic E-state index is 14.9. The molecule has 2 aliphatic rings. The summed E-state index contributed by atoms with van der Waals surface area (Å²) in [6.07, 6.45) is -0.712. The van der Waals surface area contributed by atoms with Crippen molar-refractivity contribution in [1.29, 1.82) is 0 Å². The molecule has 0 bridgehead atoms. The van der Waals surface area contributed by atoms with Gasteiger partial charge >= 0.3 is 335 Å². The van der Waals surface area contributed by atoms with E-state index in [1.54, 1.807) is 0 Å². The van der Waals surface area contributed by atoms with Crippen molar-refractivity contribution in [1.82, 2.24) is 0 Å². The molecule has 2 atom stereocenters. The summed E-state index contributed by atoms with van der Waals surface area (Å²) in [5, 5.41) is 0. The Hall–Kier alpha value is -2.17. The van der Waals surface area contributed by atoms with Gasteiger partial charge in [-0.3, -0.25) is 0 Å². The molecule has 0 fully saturated rings. The van der Waals surface area contributed by atoms with Gasteiger partial charge in [0.1, 0.15) is 0 Å². The average Bonchev–Trinajstić information content (AvgIpc) is 3.61. The van der Waals surface area contributed by atoms with Gasteiger partial charge in [-0.1, -0.05) is 0 Å². The Balaban J connectivity index is 0.00000360. The minimum atomic E-state index is -4.92. The maximum atomic E-state index is 14.9. The molecule has 4 aromatic carbocycles. The molecule has 308 valence electrons. The summed E-state index contributed by atoms with van der Waals surface area (Å²) in [6.45, 7) is 24.8.